The molecule has 1 fully saturated rings. The Morgan fingerprint density at radius 3 is 2.67 bits per heavy atom. The van der Waals surface area contributed by atoms with Gasteiger partial charge in [-0.3, -0.25) is 9.69 Å². The Hall–Kier alpha value is -1.55. The summed E-state index contributed by atoms with van der Waals surface area (Å²) in [5.41, 5.74) is 8.43. The van der Waals surface area contributed by atoms with Crippen LogP contribution in [0.15, 0.2) is 18.2 Å². The van der Waals surface area contributed by atoms with Crippen LogP contribution in [0.3, 0.4) is 0 Å². The molecule has 1 atom stereocenters. The fourth-order valence-corrected chi connectivity index (χ4v) is 2.89. The van der Waals surface area contributed by atoms with Crippen LogP contribution in [0.25, 0.3) is 0 Å². The zero-order valence-electron chi connectivity index (χ0n) is 13.4. The van der Waals surface area contributed by atoms with Crippen molar-refractivity contribution in [3.63, 3.8) is 0 Å². The van der Waals surface area contributed by atoms with Gasteiger partial charge in [0.15, 0.2) is 0 Å². The van der Waals surface area contributed by atoms with Crippen LogP contribution in [0.1, 0.15) is 38.7 Å². The number of benzene rings is 1. The Bertz CT molecular complexity index is 493. The molecule has 4 nitrogen and oxygen atoms in total. The van der Waals surface area contributed by atoms with E-state index in [1.807, 2.05) is 25.1 Å². The van der Waals surface area contributed by atoms with Gasteiger partial charge in [-0.1, -0.05) is 19.9 Å². The van der Waals surface area contributed by atoms with E-state index in [0.29, 0.717) is 5.69 Å². The Labute approximate surface area is 127 Å². The normalized spacial score (nSPS) is 18.4. The minimum Gasteiger partial charge on any atom is -0.398 e. The number of hydrogen-bond donors (Lipinski definition) is 2. The summed E-state index contributed by atoms with van der Waals surface area (Å²) >= 11 is 0. The number of nitrogen functional groups attached to an aromatic ring is 1. The van der Waals surface area contributed by atoms with Gasteiger partial charge in [-0.2, -0.15) is 0 Å². The van der Waals surface area contributed by atoms with Crippen molar-refractivity contribution in [2.75, 3.05) is 24.1 Å². The largest absolute Gasteiger partial charge is 0.398 e. The molecule has 1 aliphatic heterocycles. The molecule has 0 saturated carbocycles. The third kappa shape index (κ3) is 3.97. The number of likely N-dealkylation sites (tertiary alicyclic amines) is 1. The van der Waals surface area contributed by atoms with Crippen LogP contribution in [0.2, 0.25) is 0 Å². The Kier molecular flexibility index (Phi) is 5.23. The van der Waals surface area contributed by atoms with Crippen molar-refractivity contribution in [2.24, 2.45) is 5.92 Å². The van der Waals surface area contributed by atoms with Crippen LogP contribution in [-0.4, -0.2) is 29.9 Å². The number of aryl methyl sites for hydroxylation is 1. The van der Waals surface area contributed by atoms with Gasteiger partial charge >= 0.3 is 0 Å². The molecule has 116 valence electrons. The molecule has 1 saturated heterocycles. The molecular weight excluding hydrogens is 262 g/mol. The first kappa shape index (κ1) is 15.8. The van der Waals surface area contributed by atoms with Crippen LogP contribution >= 0.6 is 0 Å². The van der Waals surface area contributed by atoms with E-state index in [1.165, 1.54) is 12.8 Å². The Morgan fingerprint density at radius 1 is 1.43 bits per heavy atom. The first-order valence-electron chi connectivity index (χ1n) is 7.92. The standard InChI is InChI=1S/C17H27N3O/c1-4-16(20-9-7-12(2)8-10-20)17(21)19-14-6-5-13(3)15(18)11-14/h5-6,11-12,16H,4,7-10,18H2,1-3H3,(H,19,21). The van der Waals surface area contributed by atoms with Crippen molar-refractivity contribution in [3.05, 3.63) is 23.8 Å². The van der Waals surface area contributed by atoms with E-state index in [-0.39, 0.29) is 11.9 Å². The number of carbonyl (C=O) groups is 1. The highest BCUT2D eigenvalue weighted by atomic mass is 16.2. The maximum Gasteiger partial charge on any atom is 0.241 e. The first-order chi connectivity index (χ1) is 10.0. The number of hydrogen-bond acceptors (Lipinski definition) is 3. The molecule has 0 spiro atoms. The topological polar surface area (TPSA) is 58.4 Å². The zero-order chi connectivity index (χ0) is 15.4. The maximum absolute atomic E-state index is 12.5. The smallest absolute Gasteiger partial charge is 0.241 e. The predicted molar refractivity (Wildman–Crippen MR) is 88.3 cm³/mol. The lowest BCUT2D eigenvalue weighted by atomic mass is 9.97. The van der Waals surface area contributed by atoms with Crippen LogP contribution in [0, 0.1) is 12.8 Å². The third-order valence-electron chi connectivity index (χ3n) is 4.50. The number of nitrogens with one attached hydrogen (secondary N) is 1. The van der Waals surface area contributed by atoms with Gasteiger partial charge in [-0.15, -0.1) is 0 Å². The summed E-state index contributed by atoms with van der Waals surface area (Å²) in [6.07, 6.45) is 3.20. The van der Waals surface area contributed by atoms with E-state index in [1.54, 1.807) is 0 Å². The molecule has 1 heterocycles. The van der Waals surface area contributed by atoms with E-state index in [0.717, 1.165) is 36.7 Å². The van der Waals surface area contributed by atoms with Gasteiger partial charge in [0.25, 0.3) is 0 Å². The van der Waals surface area contributed by atoms with E-state index in [2.05, 4.69) is 24.1 Å². The lowest BCUT2D eigenvalue weighted by molar-refractivity contribution is -0.122. The van der Waals surface area contributed by atoms with Crippen molar-refractivity contribution in [1.82, 2.24) is 4.90 Å². The Balaban J connectivity index is 2.01. The lowest BCUT2D eigenvalue weighted by Crippen LogP contribution is -2.47. The predicted octanol–water partition coefficient (Wildman–Crippen LogP) is 3.03. The molecule has 2 rings (SSSR count). The van der Waals surface area contributed by atoms with Gasteiger partial charge in [0.05, 0.1) is 6.04 Å². The summed E-state index contributed by atoms with van der Waals surface area (Å²) in [6.45, 7) is 8.36. The molecule has 1 amide bonds. The van der Waals surface area contributed by atoms with Crippen molar-refractivity contribution >= 4 is 17.3 Å². The second-order valence-electron chi connectivity index (χ2n) is 6.20. The third-order valence-corrected chi connectivity index (χ3v) is 4.50. The fraction of sp³-hybridized carbons (Fsp3) is 0.588. The number of anilines is 2. The molecular formula is C17H27N3O. The van der Waals surface area contributed by atoms with Crippen LogP contribution in [0.5, 0.6) is 0 Å². The van der Waals surface area contributed by atoms with Crippen molar-refractivity contribution in [2.45, 2.75) is 46.1 Å². The molecule has 0 aromatic heterocycles. The minimum atomic E-state index is -0.0416. The Morgan fingerprint density at radius 2 is 2.10 bits per heavy atom. The number of rotatable bonds is 4. The van der Waals surface area contributed by atoms with Gasteiger partial charge in [-0.05, 0) is 62.9 Å². The summed E-state index contributed by atoms with van der Waals surface area (Å²) in [4.78, 5) is 14.8. The van der Waals surface area contributed by atoms with Gasteiger partial charge < -0.3 is 11.1 Å². The SMILES string of the molecule is CCC(C(=O)Nc1ccc(C)c(N)c1)N1CCC(C)CC1. The minimum absolute atomic E-state index is 0.0416. The van der Waals surface area contributed by atoms with Crippen molar-refractivity contribution in [1.29, 1.82) is 0 Å². The molecule has 1 aliphatic rings. The monoisotopic (exact) mass is 289 g/mol. The highest BCUT2D eigenvalue weighted by Crippen LogP contribution is 2.21. The van der Waals surface area contributed by atoms with Crippen molar-refractivity contribution < 1.29 is 4.79 Å². The number of nitrogens with zero attached hydrogens (tertiary/aromatic N) is 1. The molecule has 1 unspecified atom stereocenters. The quantitative estimate of drug-likeness (QED) is 0.838. The molecule has 1 aromatic rings. The summed E-state index contributed by atoms with van der Waals surface area (Å²) in [7, 11) is 0. The average molecular weight is 289 g/mol. The van der Waals surface area contributed by atoms with Crippen LogP contribution < -0.4 is 11.1 Å². The van der Waals surface area contributed by atoms with E-state index in [4.69, 9.17) is 5.73 Å². The molecule has 1 aromatic carbocycles. The summed E-state index contributed by atoms with van der Waals surface area (Å²) in [5.74, 6) is 0.856. The fourth-order valence-electron chi connectivity index (χ4n) is 2.89. The highest BCUT2D eigenvalue weighted by molar-refractivity contribution is 5.95. The summed E-state index contributed by atoms with van der Waals surface area (Å²) < 4.78 is 0. The van der Waals surface area contributed by atoms with E-state index >= 15 is 0 Å². The highest BCUT2D eigenvalue weighted by Gasteiger charge is 2.27. The first-order valence-corrected chi connectivity index (χ1v) is 7.92. The van der Waals surface area contributed by atoms with Gasteiger partial charge in [-0.25, -0.2) is 0 Å². The lowest BCUT2D eigenvalue weighted by Gasteiger charge is -2.35. The van der Waals surface area contributed by atoms with Crippen LogP contribution in [0.4, 0.5) is 11.4 Å². The van der Waals surface area contributed by atoms with E-state index in [9.17, 15) is 4.79 Å². The van der Waals surface area contributed by atoms with Crippen molar-refractivity contribution in [3.8, 4) is 0 Å². The van der Waals surface area contributed by atoms with Gasteiger partial charge in [0, 0.05) is 11.4 Å². The van der Waals surface area contributed by atoms with Crippen LogP contribution in [-0.2, 0) is 4.79 Å². The number of piperidine rings is 1. The van der Waals surface area contributed by atoms with Gasteiger partial charge in [0.2, 0.25) is 5.91 Å². The summed E-state index contributed by atoms with van der Waals surface area (Å²) in [6, 6.07) is 5.64. The summed E-state index contributed by atoms with van der Waals surface area (Å²) in [5, 5.41) is 3.01. The second-order valence-corrected chi connectivity index (χ2v) is 6.20. The molecule has 0 aliphatic carbocycles. The zero-order valence-corrected chi connectivity index (χ0v) is 13.4. The maximum atomic E-state index is 12.5. The van der Waals surface area contributed by atoms with Gasteiger partial charge in [0.1, 0.15) is 0 Å². The molecule has 0 radical (unpaired) electrons. The average Bonchev–Trinajstić information content (AvgIpc) is 2.46. The molecule has 3 N–H and O–H groups in total. The number of nitrogens with two attached hydrogens (primary N) is 1. The number of amides is 1. The molecule has 21 heavy (non-hydrogen) atoms. The molecule has 0 bridgehead atoms. The second kappa shape index (κ2) is 6.94. The number of carbonyl (C=O) groups excluding carboxylic acids is 1. The van der Waals surface area contributed by atoms with E-state index < -0.39 is 0 Å². The molecule has 4 heteroatoms.